The molecule has 1 aromatic heterocycles. The van der Waals surface area contributed by atoms with Crippen LogP contribution in [0, 0.1) is 0 Å². The van der Waals surface area contributed by atoms with Crippen molar-refractivity contribution in [2.24, 2.45) is 0 Å². The Labute approximate surface area is 103 Å². The predicted molar refractivity (Wildman–Crippen MR) is 61.4 cm³/mol. The molecule has 2 unspecified atom stereocenters. The third kappa shape index (κ3) is 2.05. The van der Waals surface area contributed by atoms with Crippen LogP contribution in [-0.4, -0.2) is 42.1 Å². The Kier molecular flexibility index (Phi) is 2.69. The molecule has 3 heterocycles. The molecule has 2 saturated heterocycles. The topological polar surface area (TPSA) is 19.4 Å². The van der Waals surface area contributed by atoms with Crippen LogP contribution in [0.3, 0.4) is 0 Å². The monoisotopic (exact) mass is 257 g/mol. The maximum Gasteiger partial charge on any atom is 0.417 e. The summed E-state index contributed by atoms with van der Waals surface area (Å²) in [7, 11) is 0. The summed E-state index contributed by atoms with van der Waals surface area (Å²) in [4.78, 5) is 8.14. The normalized spacial score (nSPS) is 27.6. The zero-order valence-electron chi connectivity index (χ0n) is 9.82. The number of aromatic nitrogens is 1. The first-order chi connectivity index (χ1) is 8.54. The molecule has 0 N–H and O–H groups in total. The Morgan fingerprint density at radius 2 is 2.00 bits per heavy atom. The van der Waals surface area contributed by atoms with E-state index < -0.39 is 11.7 Å². The molecule has 0 amide bonds. The van der Waals surface area contributed by atoms with Crippen molar-refractivity contribution < 1.29 is 13.2 Å². The van der Waals surface area contributed by atoms with E-state index in [4.69, 9.17) is 0 Å². The van der Waals surface area contributed by atoms with Gasteiger partial charge in [0.25, 0.3) is 0 Å². The van der Waals surface area contributed by atoms with Crippen molar-refractivity contribution in [3.63, 3.8) is 0 Å². The summed E-state index contributed by atoms with van der Waals surface area (Å²) in [5.41, 5.74) is -0.0724. The molecule has 0 spiro atoms. The Morgan fingerprint density at radius 3 is 2.78 bits per heavy atom. The van der Waals surface area contributed by atoms with Gasteiger partial charge in [-0.2, -0.15) is 13.2 Å². The molecule has 98 valence electrons. The minimum absolute atomic E-state index is 0.337. The van der Waals surface area contributed by atoms with E-state index in [1.54, 1.807) is 0 Å². The van der Waals surface area contributed by atoms with E-state index in [2.05, 4.69) is 14.8 Å². The average molecular weight is 257 g/mol. The summed E-state index contributed by atoms with van der Waals surface area (Å²) in [6.07, 6.45) is -0.881. The van der Waals surface area contributed by atoms with Crippen molar-refractivity contribution in [2.75, 3.05) is 31.1 Å². The zero-order chi connectivity index (χ0) is 12.8. The van der Waals surface area contributed by atoms with Crippen LogP contribution in [0.15, 0.2) is 18.5 Å². The highest BCUT2D eigenvalue weighted by Crippen LogP contribution is 2.33. The van der Waals surface area contributed by atoms with Gasteiger partial charge in [-0.15, -0.1) is 0 Å². The third-order valence-electron chi connectivity index (χ3n) is 3.73. The Morgan fingerprint density at radius 1 is 1.17 bits per heavy atom. The van der Waals surface area contributed by atoms with Crippen LogP contribution in [0.4, 0.5) is 18.9 Å². The van der Waals surface area contributed by atoms with Crippen molar-refractivity contribution >= 4 is 5.69 Å². The summed E-state index contributed by atoms with van der Waals surface area (Å²) in [6, 6.07) is 1.55. The van der Waals surface area contributed by atoms with Gasteiger partial charge in [-0.1, -0.05) is 0 Å². The maximum absolute atomic E-state index is 12.7. The number of piperazine rings is 1. The lowest BCUT2D eigenvalue weighted by Crippen LogP contribution is -2.46. The average Bonchev–Trinajstić information content (AvgIpc) is 2.70. The predicted octanol–water partition coefficient (Wildman–Crippen LogP) is 1.99. The van der Waals surface area contributed by atoms with Crippen LogP contribution in [0.5, 0.6) is 0 Å². The van der Waals surface area contributed by atoms with Gasteiger partial charge in [0.05, 0.1) is 17.4 Å². The molecule has 0 radical (unpaired) electrons. The highest BCUT2D eigenvalue weighted by Gasteiger charge is 2.35. The number of rotatable bonds is 1. The molecule has 18 heavy (non-hydrogen) atoms. The van der Waals surface area contributed by atoms with Gasteiger partial charge in [-0.25, -0.2) is 0 Å². The maximum atomic E-state index is 12.7. The van der Waals surface area contributed by atoms with E-state index in [1.165, 1.54) is 12.3 Å². The quantitative estimate of drug-likeness (QED) is 0.767. The van der Waals surface area contributed by atoms with Crippen LogP contribution in [0.2, 0.25) is 0 Å². The zero-order valence-corrected chi connectivity index (χ0v) is 9.82. The molecule has 2 aliphatic heterocycles. The van der Waals surface area contributed by atoms with Crippen LogP contribution < -0.4 is 4.90 Å². The lowest BCUT2D eigenvalue weighted by molar-refractivity contribution is -0.137. The summed E-state index contributed by atoms with van der Waals surface area (Å²) in [5.74, 6) is 0. The first kappa shape index (κ1) is 11.8. The summed E-state index contributed by atoms with van der Waals surface area (Å²) in [6.45, 7) is 3.71. The number of alkyl halides is 3. The fourth-order valence-electron chi connectivity index (χ4n) is 2.78. The molecule has 3 nitrogen and oxygen atoms in total. The van der Waals surface area contributed by atoms with Crippen LogP contribution >= 0.6 is 0 Å². The molecule has 3 rings (SSSR count). The summed E-state index contributed by atoms with van der Waals surface area (Å²) < 4.78 is 38.0. The van der Waals surface area contributed by atoms with Gasteiger partial charge in [0.15, 0.2) is 0 Å². The molecule has 1 aromatic rings. The standard InChI is InChI=1S/C12H14F3N3/c13-12(14,15)9-5-11(7-16-6-9)18-4-3-17-2-1-10(18)8-17/h5-7,10H,1-4,8H2. The molecule has 2 fully saturated rings. The molecule has 0 aromatic carbocycles. The first-order valence-corrected chi connectivity index (χ1v) is 6.05. The van der Waals surface area contributed by atoms with Crippen LogP contribution in [-0.2, 0) is 6.18 Å². The molecule has 0 saturated carbocycles. The number of hydrogen-bond donors (Lipinski definition) is 0. The van der Waals surface area contributed by atoms with Crippen LogP contribution in [0.25, 0.3) is 0 Å². The van der Waals surface area contributed by atoms with Crippen molar-refractivity contribution in [1.29, 1.82) is 0 Å². The van der Waals surface area contributed by atoms with Gasteiger partial charge >= 0.3 is 6.18 Å². The van der Waals surface area contributed by atoms with Crippen molar-refractivity contribution in [1.82, 2.24) is 9.88 Å². The summed E-state index contributed by atoms with van der Waals surface area (Å²) >= 11 is 0. The molecule has 2 bridgehead atoms. The summed E-state index contributed by atoms with van der Waals surface area (Å²) in [5, 5.41) is 0. The fourth-order valence-corrected chi connectivity index (χ4v) is 2.78. The lowest BCUT2D eigenvalue weighted by Gasteiger charge is -2.36. The first-order valence-electron chi connectivity index (χ1n) is 6.05. The van der Waals surface area contributed by atoms with E-state index in [1.807, 2.05) is 0 Å². The van der Waals surface area contributed by atoms with Gasteiger partial charge in [0.1, 0.15) is 0 Å². The second-order valence-electron chi connectivity index (χ2n) is 4.87. The minimum atomic E-state index is -4.32. The Hall–Kier alpha value is -1.30. The number of pyridine rings is 1. The van der Waals surface area contributed by atoms with E-state index >= 15 is 0 Å². The number of nitrogens with zero attached hydrogens (tertiary/aromatic N) is 3. The highest BCUT2D eigenvalue weighted by atomic mass is 19.4. The number of halogens is 3. The number of anilines is 1. The van der Waals surface area contributed by atoms with E-state index in [-0.39, 0.29) is 0 Å². The van der Waals surface area contributed by atoms with Gasteiger partial charge in [0, 0.05) is 38.4 Å². The fraction of sp³-hybridized carbons (Fsp3) is 0.583. The second-order valence-corrected chi connectivity index (χ2v) is 4.87. The van der Waals surface area contributed by atoms with Crippen molar-refractivity contribution in [3.05, 3.63) is 24.0 Å². The molecular weight excluding hydrogens is 243 g/mol. The Bertz CT molecular complexity index is 446. The Balaban J connectivity index is 1.88. The van der Waals surface area contributed by atoms with Crippen molar-refractivity contribution in [3.8, 4) is 0 Å². The van der Waals surface area contributed by atoms with Crippen LogP contribution in [0.1, 0.15) is 12.0 Å². The van der Waals surface area contributed by atoms with Gasteiger partial charge in [-0.3, -0.25) is 9.88 Å². The third-order valence-corrected chi connectivity index (χ3v) is 3.73. The molecule has 2 aliphatic rings. The SMILES string of the molecule is FC(F)(F)c1cncc(N2CCN3CCC2C3)c1. The van der Waals surface area contributed by atoms with E-state index in [0.717, 1.165) is 38.8 Å². The lowest BCUT2D eigenvalue weighted by atomic mass is 10.1. The number of fused-ring (bicyclic) bond motifs is 2. The highest BCUT2D eigenvalue weighted by molar-refractivity contribution is 5.48. The minimum Gasteiger partial charge on any atom is -0.365 e. The van der Waals surface area contributed by atoms with Gasteiger partial charge in [-0.05, 0) is 12.5 Å². The molecule has 2 atom stereocenters. The van der Waals surface area contributed by atoms with Gasteiger partial charge < -0.3 is 4.90 Å². The smallest absolute Gasteiger partial charge is 0.365 e. The number of hydrogen-bond acceptors (Lipinski definition) is 3. The van der Waals surface area contributed by atoms with E-state index in [0.29, 0.717) is 11.7 Å². The second kappa shape index (κ2) is 4.12. The largest absolute Gasteiger partial charge is 0.417 e. The van der Waals surface area contributed by atoms with Crippen molar-refractivity contribution in [2.45, 2.75) is 18.6 Å². The van der Waals surface area contributed by atoms with Gasteiger partial charge in [0.2, 0.25) is 0 Å². The molecule has 6 heteroatoms. The molecular formula is C12H14F3N3. The van der Waals surface area contributed by atoms with E-state index in [9.17, 15) is 13.2 Å². The molecule has 0 aliphatic carbocycles.